The highest BCUT2D eigenvalue weighted by molar-refractivity contribution is 5.63. The van der Waals surface area contributed by atoms with Gasteiger partial charge in [0.05, 0.1) is 18.4 Å². The molecule has 1 fully saturated rings. The van der Waals surface area contributed by atoms with Gasteiger partial charge in [0, 0.05) is 37.8 Å². The van der Waals surface area contributed by atoms with Crippen LogP contribution in [0, 0.1) is 11.6 Å². The summed E-state index contributed by atoms with van der Waals surface area (Å²) in [4.78, 5) is 10.5. The highest BCUT2D eigenvalue weighted by atomic mass is 19.1. The summed E-state index contributed by atoms with van der Waals surface area (Å²) in [5.41, 5.74) is 2.07. The summed E-state index contributed by atoms with van der Waals surface area (Å²) in [6.07, 6.45) is 2.61. The van der Waals surface area contributed by atoms with Gasteiger partial charge in [-0.15, -0.1) is 0 Å². The summed E-state index contributed by atoms with van der Waals surface area (Å²) in [6, 6.07) is 9.93. The predicted molar refractivity (Wildman–Crippen MR) is 109 cm³/mol. The van der Waals surface area contributed by atoms with E-state index >= 15 is 0 Å². The number of nitrogens with zero attached hydrogens (tertiary/aromatic N) is 6. The van der Waals surface area contributed by atoms with Crippen LogP contribution in [0.15, 0.2) is 53.4 Å². The fourth-order valence-electron chi connectivity index (χ4n) is 3.57. The maximum atomic E-state index is 14.4. The maximum Gasteiger partial charge on any atom is 0.183 e. The molecule has 31 heavy (non-hydrogen) atoms. The normalized spacial score (nSPS) is 14.2. The van der Waals surface area contributed by atoms with Crippen molar-refractivity contribution < 1.29 is 13.3 Å². The molecule has 0 aliphatic carbocycles. The topological polar surface area (TPSA) is 84.9 Å². The standard InChI is InChI=1S/C21H19F2N7O/c22-15-4-2-1-3-14(15)13-30-19(17-5-10-31-28-17)11-18(27-30)20-25-12-16(23)21(26-20)29-8-6-24-7-9-29/h1-5,10-12,24H,6-9,13H2. The molecule has 1 N–H and O–H groups in total. The van der Waals surface area contributed by atoms with Gasteiger partial charge in [-0.3, -0.25) is 4.68 Å². The van der Waals surface area contributed by atoms with Crippen molar-refractivity contribution in [2.75, 3.05) is 31.1 Å². The molecule has 158 valence electrons. The molecule has 4 aromatic rings. The Morgan fingerprint density at radius 3 is 2.65 bits per heavy atom. The summed E-state index contributed by atoms with van der Waals surface area (Å²) in [6.45, 7) is 3.00. The molecule has 0 unspecified atom stereocenters. The van der Waals surface area contributed by atoms with Crippen molar-refractivity contribution in [3.8, 4) is 22.9 Å². The Balaban J connectivity index is 1.55. The SMILES string of the molecule is Fc1ccccc1Cn1nc(-c2ncc(F)c(N3CCNCC3)n2)cc1-c1ccon1. The van der Waals surface area contributed by atoms with Crippen molar-refractivity contribution in [1.29, 1.82) is 0 Å². The summed E-state index contributed by atoms with van der Waals surface area (Å²) < 4.78 is 35.2. The summed E-state index contributed by atoms with van der Waals surface area (Å²) in [5, 5.41) is 11.8. The lowest BCUT2D eigenvalue weighted by molar-refractivity contribution is 0.421. The second-order valence-electron chi connectivity index (χ2n) is 7.15. The minimum atomic E-state index is -0.479. The molecule has 1 aliphatic heterocycles. The molecule has 1 aliphatic rings. The van der Waals surface area contributed by atoms with Crippen LogP contribution in [0.3, 0.4) is 0 Å². The van der Waals surface area contributed by atoms with Crippen molar-refractivity contribution in [3.63, 3.8) is 0 Å². The van der Waals surface area contributed by atoms with Crippen LogP contribution < -0.4 is 10.2 Å². The number of aromatic nitrogens is 5. The Hall–Kier alpha value is -3.66. The van der Waals surface area contributed by atoms with E-state index in [2.05, 4.69) is 25.5 Å². The maximum absolute atomic E-state index is 14.4. The van der Waals surface area contributed by atoms with Gasteiger partial charge in [-0.1, -0.05) is 23.4 Å². The third kappa shape index (κ3) is 3.89. The van der Waals surface area contributed by atoms with Gasteiger partial charge >= 0.3 is 0 Å². The van der Waals surface area contributed by atoms with Gasteiger partial charge in [0.25, 0.3) is 0 Å². The van der Waals surface area contributed by atoms with Gasteiger partial charge in [0.1, 0.15) is 23.5 Å². The van der Waals surface area contributed by atoms with E-state index in [0.717, 1.165) is 19.3 Å². The van der Waals surface area contributed by atoms with Crippen molar-refractivity contribution in [3.05, 3.63) is 66.1 Å². The number of halogens is 2. The number of benzene rings is 1. The minimum absolute atomic E-state index is 0.181. The molecule has 0 atom stereocenters. The number of piperazine rings is 1. The molecule has 8 nitrogen and oxygen atoms in total. The molecule has 0 spiro atoms. The van der Waals surface area contributed by atoms with Crippen LogP contribution in [0.25, 0.3) is 22.9 Å². The fraction of sp³-hybridized carbons (Fsp3) is 0.238. The predicted octanol–water partition coefficient (Wildman–Crippen LogP) is 2.73. The average Bonchev–Trinajstić information content (AvgIpc) is 3.46. The van der Waals surface area contributed by atoms with Crippen LogP contribution in [0.5, 0.6) is 0 Å². The summed E-state index contributed by atoms with van der Waals surface area (Å²) in [7, 11) is 0. The average molecular weight is 423 g/mol. The molecular formula is C21H19F2N7O. The van der Waals surface area contributed by atoms with Crippen LogP contribution >= 0.6 is 0 Å². The van der Waals surface area contributed by atoms with Crippen LogP contribution in [-0.4, -0.2) is 51.1 Å². The Morgan fingerprint density at radius 2 is 1.87 bits per heavy atom. The fourth-order valence-corrected chi connectivity index (χ4v) is 3.57. The molecule has 5 rings (SSSR count). The largest absolute Gasteiger partial charge is 0.364 e. The highest BCUT2D eigenvalue weighted by Gasteiger charge is 2.21. The van der Waals surface area contributed by atoms with Gasteiger partial charge in [0.2, 0.25) is 0 Å². The Bertz CT molecular complexity index is 1190. The van der Waals surface area contributed by atoms with Crippen molar-refractivity contribution in [2.45, 2.75) is 6.54 Å². The molecule has 4 heterocycles. The number of nitrogens with one attached hydrogen (secondary N) is 1. The van der Waals surface area contributed by atoms with E-state index in [1.165, 1.54) is 12.3 Å². The molecule has 0 bridgehead atoms. The lowest BCUT2D eigenvalue weighted by Crippen LogP contribution is -2.44. The second-order valence-corrected chi connectivity index (χ2v) is 7.15. The second kappa shape index (κ2) is 8.23. The number of hydrogen-bond donors (Lipinski definition) is 1. The molecule has 3 aromatic heterocycles. The first-order chi connectivity index (χ1) is 15.2. The highest BCUT2D eigenvalue weighted by Crippen LogP contribution is 2.26. The Labute approximate surface area is 176 Å². The number of anilines is 1. The van der Waals surface area contributed by atoms with Crippen LogP contribution in [0.1, 0.15) is 5.56 Å². The van der Waals surface area contributed by atoms with Gasteiger partial charge in [-0.25, -0.2) is 18.7 Å². The van der Waals surface area contributed by atoms with E-state index in [9.17, 15) is 8.78 Å². The lowest BCUT2D eigenvalue weighted by atomic mass is 10.2. The number of rotatable bonds is 5. The van der Waals surface area contributed by atoms with Crippen LogP contribution in [0.4, 0.5) is 14.6 Å². The first-order valence-corrected chi connectivity index (χ1v) is 9.89. The zero-order chi connectivity index (χ0) is 21.2. The molecule has 0 amide bonds. The summed E-state index contributed by atoms with van der Waals surface area (Å²) in [5.74, 6) is -0.275. The third-order valence-electron chi connectivity index (χ3n) is 5.13. The van der Waals surface area contributed by atoms with E-state index in [1.54, 1.807) is 35.0 Å². The third-order valence-corrected chi connectivity index (χ3v) is 5.13. The van der Waals surface area contributed by atoms with Gasteiger partial charge in [0.15, 0.2) is 17.5 Å². The van der Waals surface area contributed by atoms with E-state index in [-0.39, 0.29) is 24.0 Å². The van der Waals surface area contributed by atoms with Gasteiger partial charge in [-0.05, 0) is 12.1 Å². The molecule has 1 saturated heterocycles. The lowest BCUT2D eigenvalue weighted by Gasteiger charge is -2.28. The zero-order valence-electron chi connectivity index (χ0n) is 16.5. The molecule has 0 saturated carbocycles. The van der Waals surface area contributed by atoms with Crippen molar-refractivity contribution in [2.24, 2.45) is 0 Å². The van der Waals surface area contributed by atoms with E-state index < -0.39 is 5.82 Å². The Kier molecular flexibility index (Phi) is 5.13. The van der Waals surface area contributed by atoms with Crippen molar-refractivity contribution >= 4 is 5.82 Å². The molecule has 1 aromatic carbocycles. The summed E-state index contributed by atoms with van der Waals surface area (Å²) >= 11 is 0. The molecule has 0 radical (unpaired) electrons. The van der Waals surface area contributed by atoms with Crippen LogP contribution in [-0.2, 0) is 6.54 Å². The first-order valence-electron chi connectivity index (χ1n) is 9.89. The van der Waals surface area contributed by atoms with Gasteiger partial charge in [-0.2, -0.15) is 5.10 Å². The van der Waals surface area contributed by atoms with E-state index in [0.29, 0.717) is 35.7 Å². The minimum Gasteiger partial charge on any atom is -0.364 e. The van der Waals surface area contributed by atoms with E-state index in [4.69, 9.17) is 4.52 Å². The number of hydrogen-bond acceptors (Lipinski definition) is 7. The first kappa shape index (κ1) is 19.3. The van der Waals surface area contributed by atoms with E-state index in [1.807, 2.05) is 4.90 Å². The molecule has 10 heteroatoms. The monoisotopic (exact) mass is 423 g/mol. The smallest absolute Gasteiger partial charge is 0.183 e. The molecular weight excluding hydrogens is 404 g/mol. The zero-order valence-corrected chi connectivity index (χ0v) is 16.5. The van der Waals surface area contributed by atoms with Crippen molar-refractivity contribution in [1.82, 2.24) is 30.2 Å². The van der Waals surface area contributed by atoms with Gasteiger partial charge < -0.3 is 14.7 Å². The Morgan fingerprint density at radius 1 is 1.03 bits per heavy atom. The van der Waals surface area contributed by atoms with Crippen LogP contribution in [0.2, 0.25) is 0 Å². The quantitative estimate of drug-likeness (QED) is 0.528.